The van der Waals surface area contributed by atoms with Crippen molar-refractivity contribution in [1.29, 1.82) is 0 Å². The first kappa shape index (κ1) is 10.4. The lowest BCUT2D eigenvalue weighted by Crippen LogP contribution is -2.10. The number of carbonyl (C=O) groups excluding carboxylic acids is 1. The molecule has 74 valence electrons. The molecular formula is C11H14N2O. The molecule has 0 aromatic carbocycles. The van der Waals surface area contributed by atoms with Crippen molar-refractivity contribution in [2.75, 3.05) is 0 Å². The van der Waals surface area contributed by atoms with Crippen LogP contribution in [0.15, 0.2) is 30.4 Å². The predicted molar refractivity (Wildman–Crippen MR) is 56.3 cm³/mol. The summed E-state index contributed by atoms with van der Waals surface area (Å²) in [6.45, 7) is 5.63. The Kier molecular flexibility index (Phi) is 3.40. The van der Waals surface area contributed by atoms with E-state index >= 15 is 0 Å². The normalized spacial score (nSPS) is 11.6. The Morgan fingerprint density at radius 2 is 2.14 bits per heavy atom. The second-order valence-electron chi connectivity index (χ2n) is 3.06. The largest absolute Gasteiger partial charge is 0.271 e. The number of hydrogen-bond acceptors (Lipinski definition) is 2. The van der Waals surface area contributed by atoms with E-state index in [4.69, 9.17) is 0 Å². The number of hydrogen-bond donors (Lipinski definition) is 0. The van der Waals surface area contributed by atoms with E-state index in [0.29, 0.717) is 0 Å². The smallest absolute Gasteiger partial charge is 0.267 e. The van der Waals surface area contributed by atoms with Crippen LogP contribution in [0, 0.1) is 13.8 Å². The molecule has 0 saturated carbocycles. The monoisotopic (exact) mass is 190 g/mol. The second kappa shape index (κ2) is 4.56. The van der Waals surface area contributed by atoms with Gasteiger partial charge in [0.05, 0.1) is 5.69 Å². The third-order valence-electron chi connectivity index (χ3n) is 1.76. The molecule has 0 atom stereocenters. The number of rotatable bonds is 2. The lowest BCUT2D eigenvalue weighted by Gasteiger charge is -1.96. The molecule has 3 heteroatoms. The molecule has 0 aliphatic heterocycles. The first-order valence-electron chi connectivity index (χ1n) is 4.52. The molecule has 0 spiro atoms. The zero-order valence-electron chi connectivity index (χ0n) is 8.69. The summed E-state index contributed by atoms with van der Waals surface area (Å²) in [5.41, 5.74) is 1.72. The van der Waals surface area contributed by atoms with Crippen LogP contribution in [0.1, 0.15) is 23.1 Å². The highest BCUT2D eigenvalue weighted by Gasteiger charge is 2.05. The van der Waals surface area contributed by atoms with Crippen molar-refractivity contribution in [3.05, 3.63) is 41.8 Å². The van der Waals surface area contributed by atoms with Crippen LogP contribution in [-0.4, -0.2) is 15.7 Å². The van der Waals surface area contributed by atoms with E-state index in [1.807, 2.05) is 39.0 Å². The van der Waals surface area contributed by atoms with E-state index in [-0.39, 0.29) is 5.91 Å². The number of aryl methyl sites for hydroxylation is 2. The van der Waals surface area contributed by atoms with Gasteiger partial charge in [0, 0.05) is 11.8 Å². The third kappa shape index (κ3) is 2.42. The van der Waals surface area contributed by atoms with Gasteiger partial charge in [-0.15, -0.1) is 0 Å². The SMILES string of the molecule is C/C=C/C=C/C(=O)n1nc(C)cc1C. The highest BCUT2D eigenvalue weighted by atomic mass is 16.2. The molecule has 0 N–H and O–H groups in total. The van der Waals surface area contributed by atoms with Crippen LogP contribution >= 0.6 is 0 Å². The average molecular weight is 190 g/mol. The molecule has 0 radical (unpaired) electrons. The van der Waals surface area contributed by atoms with Gasteiger partial charge in [-0.25, -0.2) is 4.68 Å². The minimum atomic E-state index is -0.117. The summed E-state index contributed by atoms with van der Waals surface area (Å²) < 4.78 is 1.40. The van der Waals surface area contributed by atoms with Crippen LogP contribution in [0.25, 0.3) is 0 Å². The van der Waals surface area contributed by atoms with E-state index in [2.05, 4.69) is 5.10 Å². The summed E-state index contributed by atoms with van der Waals surface area (Å²) in [4.78, 5) is 11.5. The zero-order valence-corrected chi connectivity index (χ0v) is 8.69. The number of allylic oxidation sites excluding steroid dienone is 4. The summed E-state index contributed by atoms with van der Waals surface area (Å²) in [6, 6.07) is 1.88. The van der Waals surface area contributed by atoms with Crippen molar-refractivity contribution >= 4 is 5.91 Å². The van der Waals surface area contributed by atoms with Gasteiger partial charge in [-0.2, -0.15) is 5.10 Å². The fraction of sp³-hybridized carbons (Fsp3) is 0.273. The van der Waals surface area contributed by atoms with Crippen molar-refractivity contribution in [1.82, 2.24) is 9.78 Å². The topological polar surface area (TPSA) is 34.9 Å². The number of aromatic nitrogens is 2. The van der Waals surface area contributed by atoms with Gasteiger partial charge in [-0.3, -0.25) is 4.79 Å². The molecule has 0 amide bonds. The van der Waals surface area contributed by atoms with Crippen LogP contribution in [0.3, 0.4) is 0 Å². The quantitative estimate of drug-likeness (QED) is 0.529. The van der Waals surface area contributed by atoms with Gasteiger partial charge in [0.25, 0.3) is 5.91 Å². The van der Waals surface area contributed by atoms with Gasteiger partial charge < -0.3 is 0 Å². The first-order valence-corrected chi connectivity index (χ1v) is 4.52. The summed E-state index contributed by atoms with van der Waals surface area (Å²) in [6.07, 6.45) is 6.88. The maximum Gasteiger partial charge on any atom is 0.271 e. The summed E-state index contributed by atoms with van der Waals surface area (Å²) in [5, 5.41) is 4.08. The highest BCUT2D eigenvalue weighted by Crippen LogP contribution is 2.01. The van der Waals surface area contributed by atoms with Gasteiger partial charge in [0.15, 0.2) is 0 Å². The zero-order chi connectivity index (χ0) is 10.6. The summed E-state index contributed by atoms with van der Waals surface area (Å²) in [5.74, 6) is -0.117. The molecule has 0 unspecified atom stereocenters. The van der Waals surface area contributed by atoms with E-state index in [1.54, 1.807) is 6.08 Å². The van der Waals surface area contributed by atoms with Gasteiger partial charge in [-0.05, 0) is 26.8 Å². The van der Waals surface area contributed by atoms with Crippen molar-refractivity contribution in [2.45, 2.75) is 20.8 Å². The fourth-order valence-corrected chi connectivity index (χ4v) is 1.17. The standard InChI is InChI=1S/C11H14N2O/c1-4-5-6-7-11(14)13-10(3)8-9(2)12-13/h4-8H,1-3H3/b5-4+,7-6+. The van der Waals surface area contributed by atoms with E-state index < -0.39 is 0 Å². The summed E-state index contributed by atoms with van der Waals surface area (Å²) in [7, 11) is 0. The van der Waals surface area contributed by atoms with E-state index in [0.717, 1.165) is 11.4 Å². The van der Waals surface area contributed by atoms with Crippen LogP contribution in [-0.2, 0) is 0 Å². The fourth-order valence-electron chi connectivity index (χ4n) is 1.17. The molecule has 0 fully saturated rings. The van der Waals surface area contributed by atoms with Gasteiger partial charge in [0.1, 0.15) is 0 Å². The van der Waals surface area contributed by atoms with Gasteiger partial charge >= 0.3 is 0 Å². The van der Waals surface area contributed by atoms with Crippen LogP contribution in [0.2, 0.25) is 0 Å². The molecule has 1 aromatic rings. The molecule has 3 nitrogen and oxygen atoms in total. The molecule has 0 aliphatic rings. The average Bonchev–Trinajstić information content (AvgIpc) is 2.45. The Hall–Kier alpha value is -1.64. The van der Waals surface area contributed by atoms with Crippen LogP contribution in [0.4, 0.5) is 0 Å². The number of nitrogens with zero attached hydrogens (tertiary/aromatic N) is 2. The molecule has 0 saturated heterocycles. The molecule has 1 heterocycles. The van der Waals surface area contributed by atoms with Crippen molar-refractivity contribution in [2.24, 2.45) is 0 Å². The van der Waals surface area contributed by atoms with E-state index in [9.17, 15) is 4.79 Å². The summed E-state index contributed by atoms with van der Waals surface area (Å²) >= 11 is 0. The Morgan fingerprint density at radius 1 is 1.43 bits per heavy atom. The van der Waals surface area contributed by atoms with Crippen molar-refractivity contribution in [3.63, 3.8) is 0 Å². The third-order valence-corrected chi connectivity index (χ3v) is 1.76. The predicted octanol–water partition coefficient (Wildman–Crippen LogP) is 2.27. The van der Waals surface area contributed by atoms with Gasteiger partial charge in [0.2, 0.25) is 0 Å². The molecule has 0 bridgehead atoms. The highest BCUT2D eigenvalue weighted by molar-refractivity contribution is 5.89. The lowest BCUT2D eigenvalue weighted by molar-refractivity contribution is 0.0951. The Bertz CT molecular complexity index is 386. The number of carbonyl (C=O) groups is 1. The minimum absolute atomic E-state index is 0.117. The maximum atomic E-state index is 11.5. The molecule has 0 aliphatic carbocycles. The molecular weight excluding hydrogens is 176 g/mol. The maximum absolute atomic E-state index is 11.5. The Morgan fingerprint density at radius 3 is 2.64 bits per heavy atom. The molecule has 1 rings (SSSR count). The minimum Gasteiger partial charge on any atom is -0.267 e. The first-order chi connectivity index (χ1) is 6.65. The van der Waals surface area contributed by atoms with Crippen LogP contribution < -0.4 is 0 Å². The lowest BCUT2D eigenvalue weighted by atomic mass is 10.4. The Labute approximate surface area is 83.7 Å². The Balaban J connectivity index is 2.84. The second-order valence-corrected chi connectivity index (χ2v) is 3.06. The van der Waals surface area contributed by atoms with Crippen molar-refractivity contribution in [3.8, 4) is 0 Å². The van der Waals surface area contributed by atoms with Crippen LogP contribution in [0.5, 0.6) is 0 Å². The van der Waals surface area contributed by atoms with Gasteiger partial charge in [-0.1, -0.05) is 18.2 Å². The molecule has 1 aromatic heterocycles. The molecule has 14 heavy (non-hydrogen) atoms. The van der Waals surface area contributed by atoms with Crippen molar-refractivity contribution < 1.29 is 4.79 Å². The van der Waals surface area contributed by atoms with E-state index in [1.165, 1.54) is 10.8 Å².